The van der Waals surface area contributed by atoms with Gasteiger partial charge in [0.15, 0.2) is 0 Å². The van der Waals surface area contributed by atoms with Crippen molar-refractivity contribution >= 4 is 0 Å². The smallest absolute Gasteiger partial charge is 0.0320 e. The maximum absolute atomic E-state index is 3.56. The van der Waals surface area contributed by atoms with E-state index < -0.39 is 0 Å². The molecule has 0 aromatic heterocycles. The van der Waals surface area contributed by atoms with E-state index in [1.54, 1.807) is 0 Å². The second-order valence-electron chi connectivity index (χ2n) is 5.94. The molecule has 1 N–H and O–H groups in total. The number of rotatable bonds is 6. The predicted octanol–water partition coefficient (Wildman–Crippen LogP) is 3.38. The fourth-order valence-electron chi connectivity index (χ4n) is 2.92. The zero-order valence-corrected chi connectivity index (χ0v) is 12.7. The highest BCUT2D eigenvalue weighted by molar-refractivity contribution is 5.23. The van der Waals surface area contributed by atoms with Crippen LogP contribution in [0.1, 0.15) is 43.9 Å². The van der Waals surface area contributed by atoms with Crippen molar-refractivity contribution in [1.29, 1.82) is 0 Å². The van der Waals surface area contributed by atoms with E-state index in [2.05, 4.69) is 55.3 Å². The molecule has 19 heavy (non-hydrogen) atoms. The van der Waals surface area contributed by atoms with Gasteiger partial charge in [0.1, 0.15) is 0 Å². The number of benzene rings is 1. The summed E-state index contributed by atoms with van der Waals surface area (Å²) in [5, 5.41) is 3.56. The Morgan fingerprint density at radius 2 is 2.05 bits per heavy atom. The van der Waals surface area contributed by atoms with Crippen molar-refractivity contribution in [2.75, 3.05) is 26.2 Å². The first-order chi connectivity index (χ1) is 9.20. The molecule has 1 aliphatic heterocycles. The van der Waals surface area contributed by atoms with Crippen molar-refractivity contribution < 1.29 is 0 Å². The van der Waals surface area contributed by atoms with E-state index in [0.29, 0.717) is 6.04 Å². The summed E-state index contributed by atoms with van der Waals surface area (Å²) >= 11 is 0. The van der Waals surface area contributed by atoms with Crippen molar-refractivity contribution in [3.63, 3.8) is 0 Å². The highest BCUT2D eigenvalue weighted by atomic mass is 15.2. The maximum atomic E-state index is 3.56. The van der Waals surface area contributed by atoms with Gasteiger partial charge in [0.25, 0.3) is 0 Å². The van der Waals surface area contributed by atoms with E-state index in [1.165, 1.54) is 43.6 Å². The predicted molar refractivity (Wildman–Crippen MR) is 82.4 cm³/mol. The Labute approximate surface area is 118 Å². The second kappa shape index (κ2) is 7.06. The SMILES string of the molecule is CCCNCC1CCN(C(C)c2ccc(C)cc2)C1. The summed E-state index contributed by atoms with van der Waals surface area (Å²) in [6, 6.07) is 9.56. The second-order valence-corrected chi connectivity index (χ2v) is 5.94. The zero-order chi connectivity index (χ0) is 13.7. The van der Waals surface area contributed by atoms with Gasteiger partial charge < -0.3 is 5.32 Å². The van der Waals surface area contributed by atoms with E-state index in [9.17, 15) is 0 Å². The van der Waals surface area contributed by atoms with E-state index in [1.807, 2.05) is 0 Å². The molecule has 2 unspecified atom stereocenters. The van der Waals surface area contributed by atoms with Crippen molar-refractivity contribution in [1.82, 2.24) is 10.2 Å². The first kappa shape index (κ1) is 14.5. The molecule has 1 heterocycles. The lowest BCUT2D eigenvalue weighted by Crippen LogP contribution is -2.28. The van der Waals surface area contributed by atoms with Gasteiger partial charge >= 0.3 is 0 Å². The van der Waals surface area contributed by atoms with Crippen LogP contribution < -0.4 is 5.32 Å². The molecular formula is C17H28N2. The molecule has 0 spiro atoms. The van der Waals surface area contributed by atoms with Crippen LogP contribution >= 0.6 is 0 Å². The number of nitrogens with one attached hydrogen (secondary N) is 1. The fraction of sp³-hybridized carbons (Fsp3) is 0.647. The van der Waals surface area contributed by atoms with Gasteiger partial charge in [0.05, 0.1) is 0 Å². The van der Waals surface area contributed by atoms with Crippen LogP contribution in [-0.4, -0.2) is 31.1 Å². The molecule has 2 heteroatoms. The van der Waals surface area contributed by atoms with Crippen LogP contribution in [0.25, 0.3) is 0 Å². The maximum Gasteiger partial charge on any atom is 0.0320 e. The molecule has 1 saturated heterocycles. The van der Waals surface area contributed by atoms with Gasteiger partial charge in [-0.15, -0.1) is 0 Å². The Hall–Kier alpha value is -0.860. The number of hydrogen-bond acceptors (Lipinski definition) is 2. The third-order valence-electron chi connectivity index (χ3n) is 4.28. The third kappa shape index (κ3) is 4.05. The summed E-state index contributed by atoms with van der Waals surface area (Å²) in [6.45, 7) is 11.5. The summed E-state index contributed by atoms with van der Waals surface area (Å²) < 4.78 is 0. The van der Waals surface area contributed by atoms with Gasteiger partial charge in [0.2, 0.25) is 0 Å². The van der Waals surface area contributed by atoms with Crippen LogP contribution in [0.3, 0.4) is 0 Å². The minimum atomic E-state index is 0.553. The summed E-state index contributed by atoms with van der Waals surface area (Å²) in [7, 11) is 0. The molecule has 0 radical (unpaired) electrons. The Morgan fingerprint density at radius 3 is 2.74 bits per heavy atom. The Bertz CT molecular complexity index is 371. The van der Waals surface area contributed by atoms with E-state index in [4.69, 9.17) is 0 Å². The van der Waals surface area contributed by atoms with Gasteiger partial charge in [-0.1, -0.05) is 36.8 Å². The summed E-state index contributed by atoms with van der Waals surface area (Å²) in [6.07, 6.45) is 2.57. The van der Waals surface area contributed by atoms with Crippen LogP contribution in [-0.2, 0) is 0 Å². The lowest BCUT2D eigenvalue weighted by molar-refractivity contribution is 0.251. The molecule has 2 rings (SSSR count). The highest BCUT2D eigenvalue weighted by Crippen LogP contribution is 2.27. The average Bonchev–Trinajstić information content (AvgIpc) is 2.88. The molecule has 0 bridgehead atoms. The molecule has 106 valence electrons. The average molecular weight is 260 g/mol. The van der Waals surface area contributed by atoms with Crippen LogP contribution in [0, 0.1) is 12.8 Å². The molecule has 1 fully saturated rings. The molecule has 1 aliphatic rings. The summed E-state index contributed by atoms with van der Waals surface area (Å²) in [5.41, 5.74) is 2.80. The summed E-state index contributed by atoms with van der Waals surface area (Å²) in [4.78, 5) is 2.63. The van der Waals surface area contributed by atoms with E-state index >= 15 is 0 Å². The van der Waals surface area contributed by atoms with E-state index in [-0.39, 0.29) is 0 Å². The topological polar surface area (TPSA) is 15.3 Å². The van der Waals surface area contributed by atoms with Crippen LogP contribution in [0.5, 0.6) is 0 Å². The molecular weight excluding hydrogens is 232 g/mol. The Balaban J connectivity index is 1.84. The molecule has 0 saturated carbocycles. The normalized spacial score (nSPS) is 21.7. The van der Waals surface area contributed by atoms with Gasteiger partial charge in [0, 0.05) is 12.6 Å². The van der Waals surface area contributed by atoms with Crippen LogP contribution in [0.15, 0.2) is 24.3 Å². The van der Waals surface area contributed by atoms with E-state index in [0.717, 1.165) is 12.5 Å². The van der Waals surface area contributed by atoms with Crippen molar-refractivity contribution in [2.24, 2.45) is 5.92 Å². The highest BCUT2D eigenvalue weighted by Gasteiger charge is 2.26. The fourth-order valence-corrected chi connectivity index (χ4v) is 2.92. The molecule has 0 amide bonds. The third-order valence-corrected chi connectivity index (χ3v) is 4.28. The summed E-state index contributed by atoms with van der Waals surface area (Å²) in [5.74, 6) is 0.833. The molecule has 1 aromatic carbocycles. The minimum absolute atomic E-state index is 0.553. The van der Waals surface area contributed by atoms with Gasteiger partial charge in [-0.25, -0.2) is 0 Å². The standard InChI is InChI=1S/C17H28N2/c1-4-10-18-12-16-9-11-19(13-16)15(3)17-7-5-14(2)6-8-17/h5-8,15-16,18H,4,9-13H2,1-3H3. The first-order valence-electron chi connectivity index (χ1n) is 7.72. The number of likely N-dealkylation sites (tertiary alicyclic amines) is 1. The van der Waals surface area contributed by atoms with Gasteiger partial charge in [-0.05, 0) is 57.8 Å². The van der Waals surface area contributed by atoms with Crippen LogP contribution in [0.2, 0.25) is 0 Å². The molecule has 2 atom stereocenters. The monoisotopic (exact) mass is 260 g/mol. The molecule has 0 aliphatic carbocycles. The first-order valence-corrected chi connectivity index (χ1v) is 7.72. The lowest BCUT2D eigenvalue weighted by atomic mass is 10.1. The minimum Gasteiger partial charge on any atom is -0.316 e. The molecule has 1 aromatic rings. The number of hydrogen-bond donors (Lipinski definition) is 1. The van der Waals surface area contributed by atoms with Crippen LogP contribution in [0.4, 0.5) is 0 Å². The van der Waals surface area contributed by atoms with Crippen molar-refractivity contribution in [2.45, 2.75) is 39.7 Å². The Kier molecular flexibility index (Phi) is 5.41. The zero-order valence-electron chi connectivity index (χ0n) is 12.7. The number of aryl methyl sites for hydroxylation is 1. The van der Waals surface area contributed by atoms with Gasteiger partial charge in [-0.2, -0.15) is 0 Å². The number of nitrogens with zero attached hydrogens (tertiary/aromatic N) is 1. The van der Waals surface area contributed by atoms with Crippen molar-refractivity contribution in [3.8, 4) is 0 Å². The van der Waals surface area contributed by atoms with Gasteiger partial charge in [-0.3, -0.25) is 4.90 Å². The largest absolute Gasteiger partial charge is 0.316 e. The van der Waals surface area contributed by atoms with Crippen molar-refractivity contribution in [3.05, 3.63) is 35.4 Å². The molecule has 2 nitrogen and oxygen atoms in total. The lowest BCUT2D eigenvalue weighted by Gasteiger charge is -2.25. The Morgan fingerprint density at radius 1 is 1.32 bits per heavy atom. The quantitative estimate of drug-likeness (QED) is 0.789.